The number of carbonyl (C=O) groups excluding carboxylic acids is 1. The third-order valence-corrected chi connectivity index (χ3v) is 5.98. The van der Waals surface area contributed by atoms with Crippen molar-refractivity contribution in [2.24, 2.45) is 0 Å². The third-order valence-electron chi connectivity index (χ3n) is 4.64. The van der Waals surface area contributed by atoms with Gasteiger partial charge in [0.05, 0.1) is 5.56 Å². The quantitative estimate of drug-likeness (QED) is 0.440. The first kappa shape index (κ1) is 16.1. The van der Waals surface area contributed by atoms with Gasteiger partial charge in [0, 0.05) is 9.75 Å². The lowest BCUT2D eigenvalue weighted by Crippen LogP contribution is -2.13. The fourth-order valence-corrected chi connectivity index (χ4v) is 4.72. The molecule has 25 heavy (non-hydrogen) atoms. The van der Waals surface area contributed by atoms with E-state index >= 15 is 0 Å². The number of benzene rings is 2. The molecule has 0 saturated carbocycles. The van der Waals surface area contributed by atoms with Crippen molar-refractivity contribution in [2.45, 2.75) is 32.6 Å². The van der Waals surface area contributed by atoms with E-state index < -0.39 is 0 Å². The highest BCUT2D eigenvalue weighted by Gasteiger charge is 2.27. The van der Waals surface area contributed by atoms with E-state index in [0.29, 0.717) is 5.75 Å². The number of hydrogen-bond acceptors (Lipinski definition) is 3. The zero-order valence-electron chi connectivity index (χ0n) is 14.2. The predicted molar refractivity (Wildman–Crippen MR) is 103 cm³/mol. The molecule has 0 amide bonds. The average molecular weight is 348 g/mol. The van der Waals surface area contributed by atoms with Gasteiger partial charge in [-0.3, -0.25) is 0 Å². The highest BCUT2D eigenvalue weighted by atomic mass is 32.1. The van der Waals surface area contributed by atoms with Crippen LogP contribution in [-0.4, -0.2) is 5.97 Å². The van der Waals surface area contributed by atoms with Crippen LogP contribution in [0.4, 0.5) is 0 Å². The number of rotatable bonds is 3. The summed E-state index contributed by atoms with van der Waals surface area (Å²) in [5.41, 5.74) is 4.22. The van der Waals surface area contributed by atoms with Crippen molar-refractivity contribution in [3.05, 3.63) is 76.2 Å². The Balaban J connectivity index is 1.75. The number of esters is 1. The maximum absolute atomic E-state index is 13.0. The highest BCUT2D eigenvalue weighted by Crippen LogP contribution is 2.40. The maximum Gasteiger partial charge on any atom is 0.345 e. The summed E-state index contributed by atoms with van der Waals surface area (Å²) in [7, 11) is 0. The lowest BCUT2D eigenvalue weighted by molar-refractivity contribution is 0.0734. The number of carbonyl (C=O) groups is 1. The summed E-state index contributed by atoms with van der Waals surface area (Å²) in [6.07, 6.45) is 4.38. The molecule has 1 heterocycles. The van der Waals surface area contributed by atoms with Crippen LogP contribution in [0.3, 0.4) is 0 Å². The van der Waals surface area contributed by atoms with E-state index in [9.17, 15) is 4.79 Å². The van der Waals surface area contributed by atoms with Crippen LogP contribution in [0.5, 0.6) is 5.75 Å². The summed E-state index contributed by atoms with van der Waals surface area (Å²) >= 11 is 1.76. The molecular formula is C22H20O2S. The molecule has 126 valence electrons. The van der Waals surface area contributed by atoms with Gasteiger partial charge < -0.3 is 4.74 Å². The molecule has 2 nitrogen and oxygen atoms in total. The molecule has 0 bridgehead atoms. The molecule has 1 aliphatic carbocycles. The highest BCUT2D eigenvalue weighted by molar-refractivity contribution is 7.16. The van der Waals surface area contributed by atoms with Crippen molar-refractivity contribution in [3.63, 3.8) is 0 Å². The smallest absolute Gasteiger partial charge is 0.345 e. The minimum atomic E-state index is -0.234. The Labute approximate surface area is 152 Å². The van der Waals surface area contributed by atoms with Crippen LogP contribution < -0.4 is 4.74 Å². The van der Waals surface area contributed by atoms with Gasteiger partial charge in [0.2, 0.25) is 0 Å². The van der Waals surface area contributed by atoms with Gasteiger partial charge in [-0.05, 0) is 55.9 Å². The molecule has 0 atom stereocenters. The van der Waals surface area contributed by atoms with Gasteiger partial charge in [-0.1, -0.05) is 48.0 Å². The largest absolute Gasteiger partial charge is 0.423 e. The van der Waals surface area contributed by atoms with Crippen LogP contribution in [0, 0.1) is 6.92 Å². The summed E-state index contributed by atoms with van der Waals surface area (Å²) in [5, 5.41) is 0. The number of hydrogen-bond donors (Lipinski definition) is 0. The Morgan fingerprint density at radius 2 is 1.68 bits per heavy atom. The van der Waals surface area contributed by atoms with Gasteiger partial charge in [-0.15, -0.1) is 11.3 Å². The minimum Gasteiger partial charge on any atom is -0.423 e. The van der Waals surface area contributed by atoms with Gasteiger partial charge in [-0.25, -0.2) is 4.79 Å². The van der Waals surface area contributed by atoms with Gasteiger partial charge >= 0.3 is 5.97 Å². The molecule has 1 aromatic heterocycles. The van der Waals surface area contributed by atoms with Crippen molar-refractivity contribution in [1.82, 2.24) is 0 Å². The van der Waals surface area contributed by atoms with E-state index in [-0.39, 0.29) is 5.97 Å². The van der Waals surface area contributed by atoms with Crippen molar-refractivity contribution in [3.8, 4) is 16.2 Å². The summed E-state index contributed by atoms with van der Waals surface area (Å²) < 4.78 is 5.71. The molecule has 0 N–H and O–H groups in total. The zero-order valence-corrected chi connectivity index (χ0v) is 15.1. The van der Waals surface area contributed by atoms with E-state index in [4.69, 9.17) is 4.74 Å². The number of fused-ring (bicyclic) bond motifs is 1. The summed E-state index contributed by atoms with van der Waals surface area (Å²) in [6, 6.07) is 17.8. The van der Waals surface area contributed by atoms with Crippen LogP contribution in [-0.2, 0) is 12.8 Å². The fourth-order valence-electron chi connectivity index (χ4n) is 3.34. The van der Waals surface area contributed by atoms with E-state index in [1.54, 1.807) is 11.3 Å². The second-order valence-corrected chi connectivity index (χ2v) is 7.59. The molecule has 0 fully saturated rings. The topological polar surface area (TPSA) is 26.3 Å². The molecule has 1 aliphatic rings. The van der Waals surface area contributed by atoms with Crippen molar-refractivity contribution >= 4 is 17.3 Å². The lowest BCUT2D eigenvalue weighted by atomic mass is 9.94. The summed E-state index contributed by atoms with van der Waals surface area (Å²) in [4.78, 5) is 15.4. The molecule has 0 saturated heterocycles. The standard InChI is InChI=1S/C22H20O2S/c1-15-11-13-17(14-12-15)24-22(23)20-18-9-5-6-10-19(18)25-21(20)16-7-3-2-4-8-16/h2-4,7-8,11-14H,5-6,9-10H2,1H3. The van der Waals surface area contributed by atoms with E-state index in [1.807, 2.05) is 49.4 Å². The fraction of sp³-hybridized carbons (Fsp3) is 0.227. The van der Waals surface area contributed by atoms with Crippen LogP contribution >= 0.6 is 11.3 Å². The van der Waals surface area contributed by atoms with Gasteiger partial charge in [-0.2, -0.15) is 0 Å². The molecule has 4 rings (SSSR count). The van der Waals surface area contributed by atoms with Crippen LogP contribution in [0.2, 0.25) is 0 Å². The Bertz CT molecular complexity index is 892. The minimum absolute atomic E-state index is 0.234. The molecule has 3 aromatic rings. The van der Waals surface area contributed by atoms with E-state index in [1.165, 1.54) is 16.9 Å². The third kappa shape index (κ3) is 3.24. The SMILES string of the molecule is Cc1ccc(OC(=O)c2c(-c3ccccc3)sc3c2CCCC3)cc1. The second kappa shape index (κ2) is 6.85. The van der Waals surface area contributed by atoms with Crippen molar-refractivity contribution in [2.75, 3.05) is 0 Å². The first-order valence-corrected chi connectivity index (χ1v) is 9.53. The summed E-state index contributed by atoms with van der Waals surface area (Å²) in [6.45, 7) is 2.02. The summed E-state index contributed by atoms with van der Waals surface area (Å²) in [5.74, 6) is 0.368. The zero-order chi connectivity index (χ0) is 17.2. The van der Waals surface area contributed by atoms with Crippen molar-refractivity contribution in [1.29, 1.82) is 0 Å². The number of ether oxygens (including phenoxy) is 1. The molecule has 3 heteroatoms. The second-order valence-electron chi connectivity index (χ2n) is 6.48. The lowest BCUT2D eigenvalue weighted by Gasteiger charge is -2.13. The monoisotopic (exact) mass is 348 g/mol. The average Bonchev–Trinajstić information content (AvgIpc) is 3.04. The molecular weight excluding hydrogens is 328 g/mol. The van der Waals surface area contributed by atoms with Crippen LogP contribution in [0.15, 0.2) is 54.6 Å². The van der Waals surface area contributed by atoms with Gasteiger partial charge in [0.25, 0.3) is 0 Å². The van der Waals surface area contributed by atoms with Gasteiger partial charge in [0.15, 0.2) is 0 Å². The molecule has 0 aliphatic heterocycles. The molecule has 0 radical (unpaired) electrons. The van der Waals surface area contributed by atoms with E-state index in [0.717, 1.165) is 40.8 Å². The maximum atomic E-state index is 13.0. The molecule has 0 unspecified atom stereocenters. The Kier molecular flexibility index (Phi) is 4.41. The van der Waals surface area contributed by atoms with Gasteiger partial charge in [0.1, 0.15) is 5.75 Å². The Hall–Kier alpha value is -2.39. The molecule has 0 spiro atoms. The van der Waals surface area contributed by atoms with E-state index in [2.05, 4.69) is 12.1 Å². The molecule has 2 aromatic carbocycles. The van der Waals surface area contributed by atoms with Crippen LogP contribution in [0.25, 0.3) is 10.4 Å². The first-order valence-electron chi connectivity index (χ1n) is 8.71. The normalized spacial score (nSPS) is 13.3. The predicted octanol–water partition coefficient (Wildman–Crippen LogP) is 5.82. The first-order chi connectivity index (χ1) is 12.2. The van der Waals surface area contributed by atoms with Crippen LogP contribution in [0.1, 0.15) is 39.2 Å². The van der Waals surface area contributed by atoms with Crippen molar-refractivity contribution < 1.29 is 9.53 Å². The Morgan fingerprint density at radius 1 is 0.960 bits per heavy atom. The number of thiophene rings is 1. The number of aryl methyl sites for hydroxylation is 2. The Morgan fingerprint density at radius 3 is 2.44 bits per heavy atom.